The van der Waals surface area contributed by atoms with Crippen molar-refractivity contribution in [3.8, 4) is 0 Å². The number of halogens is 1. The van der Waals surface area contributed by atoms with Crippen LogP contribution in [-0.2, 0) is 16.1 Å². The summed E-state index contributed by atoms with van der Waals surface area (Å²) >= 11 is 0. The first-order valence-electron chi connectivity index (χ1n) is 7.81. The molecule has 1 aromatic rings. The van der Waals surface area contributed by atoms with Gasteiger partial charge in [-0.05, 0) is 44.7 Å². The molecule has 2 heterocycles. The number of nitrogens with zero attached hydrogens (tertiary/aromatic N) is 2. The summed E-state index contributed by atoms with van der Waals surface area (Å²) in [6.07, 6.45) is 6.73. The molecular formula is C15H27ClN4O2. The monoisotopic (exact) mass is 330 g/mol. The lowest BCUT2D eigenvalue weighted by Gasteiger charge is -2.21. The van der Waals surface area contributed by atoms with E-state index in [-0.39, 0.29) is 18.3 Å². The highest BCUT2D eigenvalue weighted by molar-refractivity contribution is 5.89. The van der Waals surface area contributed by atoms with E-state index in [9.17, 15) is 4.79 Å². The minimum atomic E-state index is 0. The van der Waals surface area contributed by atoms with E-state index in [2.05, 4.69) is 15.7 Å². The van der Waals surface area contributed by atoms with Crippen molar-refractivity contribution >= 4 is 24.1 Å². The van der Waals surface area contributed by atoms with Crippen molar-refractivity contribution in [3.05, 3.63) is 12.3 Å². The molecule has 0 atom stereocenters. The maximum Gasteiger partial charge on any atom is 0.225 e. The van der Waals surface area contributed by atoms with E-state index in [4.69, 9.17) is 4.74 Å². The van der Waals surface area contributed by atoms with Gasteiger partial charge in [-0.3, -0.25) is 9.48 Å². The van der Waals surface area contributed by atoms with Crippen LogP contribution >= 0.6 is 12.4 Å². The molecule has 0 saturated carbocycles. The molecule has 0 radical (unpaired) electrons. The lowest BCUT2D eigenvalue weighted by Crippen LogP contribution is -2.28. The number of rotatable bonds is 8. The third-order valence-corrected chi connectivity index (χ3v) is 3.88. The second kappa shape index (κ2) is 10.6. The number of aryl methyl sites for hydroxylation is 1. The van der Waals surface area contributed by atoms with Gasteiger partial charge < -0.3 is 15.4 Å². The number of anilines is 1. The summed E-state index contributed by atoms with van der Waals surface area (Å²) in [5, 5.41) is 10.6. The molecule has 126 valence electrons. The molecule has 1 saturated heterocycles. The Morgan fingerprint density at radius 2 is 2.27 bits per heavy atom. The number of carbonyl (C=O) groups excluding carboxylic acids is 1. The first-order chi connectivity index (χ1) is 10.3. The van der Waals surface area contributed by atoms with Crippen LogP contribution < -0.4 is 10.6 Å². The molecule has 1 aromatic heterocycles. The molecule has 0 aromatic carbocycles. The number of ether oxygens (including phenoxy) is 1. The number of hydrogen-bond donors (Lipinski definition) is 2. The maximum absolute atomic E-state index is 11.9. The molecular weight excluding hydrogens is 304 g/mol. The van der Waals surface area contributed by atoms with Gasteiger partial charge in [-0.25, -0.2) is 0 Å². The van der Waals surface area contributed by atoms with Gasteiger partial charge in [-0.2, -0.15) is 5.10 Å². The molecule has 1 amide bonds. The minimum Gasteiger partial charge on any atom is -0.385 e. The molecule has 2 rings (SSSR count). The minimum absolute atomic E-state index is 0. The molecule has 0 bridgehead atoms. The summed E-state index contributed by atoms with van der Waals surface area (Å²) in [6.45, 7) is 3.69. The van der Waals surface area contributed by atoms with Crippen LogP contribution in [0.15, 0.2) is 12.3 Å². The molecule has 0 unspecified atom stereocenters. The number of hydrogen-bond acceptors (Lipinski definition) is 4. The van der Waals surface area contributed by atoms with Crippen molar-refractivity contribution < 1.29 is 9.53 Å². The van der Waals surface area contributed by atoms with Crippen molar-refractivity contribution in [1.29, 1.82) is 0 Å². The molecule has 7 heteroatoms. The van der Waals surface area contributed by atoms with E-state index < -0.39 is 0 Å². The van der Waals surface area contributed by atoms with Crippen molar-refractivity contribution in [2.45, 2.75) is 38.6 Å². The molecule has 2 N–H and O–H groups in total. The van der Waals surface area contributed by atoms with Crippen LogP contribution in [0.2, 0.25) is 0 Å². The Bertz CT molecular complexity index is 433. The predicted octanol–water partition coefficient (Wildman–Crippen LogP) is 2.06. The average Bonchev–Trinajstić information content (AvgIpc) is 2.94. The van der Waals surface area contributed by atoms with Crippen LogP contribution in [0.3, 0.4) is 0 Å². The predicted molar refractivity (Wildman–Crippen MR) is 89.4 cm³/mol. The van der Waals surface area contributed by atoms with Crippen molar-refractivity contribution in [1.82, 2.24) is 15.1 Å². The molecule has 22 heavy (non-hydrogen) atoms. The molecule has 1 fully saturated rings. The molecule has 0 spiro atoms. The number of amides is 1. The fourth-order valence-corrected chi connectivity index (χ4v) is 2.63. The van der Waals surface area contributed by atoms with Crippen molar-refractivity contribution in [3.63, 3.8) is 0 Å². The van der Waals surface area contributed by atoms with Gasteiger partial charge in [0.2, 0.25) is 5.91 Å². The lowest BCUT2D eigenvalue weighted by molar-refractivity contribution is -0.116. The van der Waals surface area contributed by atoms with Gasteiger partial charge in [0.25, 0.3) is 0 Å². The highest BCUT2D eigenvalue weighted by Gasteiger charge is 2.14. The van der Waals surface area contributed by atoms with Crippen LogP contribution in [0.4, 0.5) is 5.82 Å². The molecule has 0 aliphatic carbocycles. The molecule has 6 nitrogen and oxygen atoms in total. The van der Waals surface area contributed by atoms with Gasteiger partial charge in [0, 0.05) is 38.9 Å². The number of carbonyl (C=O) groups is 1. The largest absolute Gasteiger partial charge is 0.385 e. The van der Waals surface area contributed by atoms with Crippen LogP contribution in [0.5, 0.6) is 0 Å². The summed E-state index contributed by atoms with van der Waals surface area (Å²) in [7, 11) is 1.69. The third kappa shape index (κ3) is 6.77. The van der Waals surface area contributed by atoms with Crippen LogP contribution in [0, 0.1) is 5.92 Å². The summed E-state index contributed by atoms with van der Waals surface area (Å²) in [6, 6.07) is 1.84. The van der Waals surface area contributed by atoms with E-state index in [1.807, 2.05) is 16.9 Å². The van der Waals surface area contributed by atoms with Gasteiger partial charge in [0.1, 0.15) is 0 Å². The van der Waals surface area contributed by atoms with E-state index in [1.165, 1.54) is 12.8 Å². The number of piperidine rings is 1. The second-order valence-corrected chi connectivity index (χ2v) is 5.59. The number of methoxy groups -OCH3 is 1. The standard InChI is InChI=1S/C15H26N4O2.ClH/c1-21-12-2-10-19-11-7-14(18-19)17-15(20)4-3-13-5-8-16-9-6-13;/h7,11,13,16H,2-6,8-10,12H2,1H3,(H,17,18,20);1H. The van der Waals surface area contributed by atoms with Gasteiger partial charge in [-0.15, -0.1) is 12.4 Å². The van der Waals surface area contributed by atoms with Crippen LogP contribution in [0.25, 0.3) is 0 Å². The second-order valence-electron chi connectivity index (χ2n) is 5.59. The Hall–Kier alpha value is -1.11. The average molecular weight is 331 g/mol. The fourth-order valence-electron chi connectivity index (χ4n) is 2.63. The van der Waals surface area contributed by atoms with Crippen molar-refractivity contribution in [2.24, 2.45) is 5.92 Å². The zero-order valence-electron chi connectivity index (χ0n) is 13.2. The van der Waals surface area contributed by atoms with Crippen molar-refractivity contribution in [2.75, 3.05) is 32.1 Å². The Morgan fingerprint density at radius 1 is 1.50 bits per heavy atom. The normalized spacial score (nSPS) is 15.3. The first kappa shape index (κ1) is 18.9. The summed E-state index contributed by atoms with van der Waals surface area (Å²) in [4.78, 5) is 11.9. The zero-order chi connectivity index (χ0) is 14.9. The summed E-state index contributed by atoms with van der Waals surface area (Å²) in [5.41, 5.74) is 0. The summed E-state index contributed by atoms with van der Waals surface area (Å²) in [5.74, 6) is 1.39. The summed E-state index contributed by atoms with van der Waals surface area (Å²) < 4.78 is 6.84. The van der Waals surface area contributed by atoms with Gasteiger partial charge in [0.15, 0.2) is 5.82 Å². The van der Waals surface area contributed by atoms with E-state index in [1.54, 1.807) is 7.11 Å². The topological polar surface area (TPSA) is 68.2 Å². The number of nitrogens with one attached hydrogen (secondary N) is 2. The van der Waals surface area contributed by atoms with Gasteiger partial charge in [-0.1, -0.05) is 0 Å². The first-order valence-corrected chi connectivity index (χ1v) is 7.81. The SMILES string of the molecule is COCCCn1ccc(NC(=O)CCC2CCNCC2)n1.Cl. The van der Waals surface area contributed by atoms with Gasteiger partial charge >= 0.3 is 0 Å². The third-order valence-electron chi connectivity index (χ3n) is 3.88. The highest BCUT2D eigenvalue weighted by atomic mass is 35.5. The van der Waals surface area contributed by atoms with Gasteiger partial charge in [0.05, 0.1) is 0 Å². The lowest BCUT2D eigenvalue weighted by atomic mass is 9.93. The van der Waals surface area contributed by atoms with E-state index >= 15 is 0 Å². The Labute approximate surface area is 138 Å². The van der Waals surface area contributed by atoms with Crippen LogP contribution in [-0.4, -0.2) is 42.5 Å². The molecule has 1 aliphatic rings. The highest BCUT2D eigenvalue weighted by Crippen LogP contribution is 2.18. The van der Waals surface area contributed by atoms with Crippen LogP contribution in [0.1, 0.15) is 32.1 Å². The Kier molecular flexibility index (Phi) is 9.11. The maximum atomic E-state index is 11.9. The zero-order valence-corrected chi connectivity index (χ0v) is 14.0. The van der Waals surface area contributed by atoms with E-state index in [0.717, 1.165) is 39.1 Å². The quantitative estimate of drug-likeness (QED) is 0.716. The number of aromatic nitrogens is 2. The van der Waals surface area contributed by atoms with E-state index in [0.29, 0.717) is 18.2 Å². The Morgan fingerprint density at radius 3 is 3.00 bits per heavy atom. The fraction of sp³-hybridized carbons (Fsp3) is 0.733. The Balaban J connectivity index is 0.00000242. The smallest absolute Gasteiger partial charge is 0.225 e. The molecule has 1 aliphatic heterocycles.